The predicted molar refractivity (Wildman–Crippen MR) is 45.6 cm³/mol. The minimum absolute atomic E-state index is 0.0451. The lowest BCUT2D eigenvalue weighted by Gasteiger charge is -2.28. The Kier molecular flexibility index (Phi) is 1.95. The molecule has 2 aliphatic rings. The molecule has 0 heterocycles. The number of carbonyl (C=O) groups is 1. The molecule has 0 spiro atoms. The molecular formula is C10H16O2. The van der Waals surface area contributed by atoms with E-state index >= 15 is 0 Å². The van der Waals surface area contributed by atoms with Crippen molar-refractivity contribution in [1.29, 1.82) is 0 Å². The Morgan fingerprint density at radius 3 is 2.83 bits per heavy atom. The molecule has 3 unspecified atom stereocenters. The van der Waals surface area contributed by atoms with Crippen molar-refractivity contribution in [2.24, 2.45) is 17.8 Å². The minimum atomic E-state index is -0.430. The number of rotatable bonds is 1. The zero-order chi connectivity index (χ0) is 8.72. The molecule has 0 aromatic carbocycles. The second kappa shape index (κ2) is 2.84. The quantitative estimate of drug-likeness (QED) is 0.642. The van der Waals surface area contributed by atoms with Crippen molar-refractivity contribution in [3.05, 3.63) is 0 Å². The Bertz CT molecular complexity index is 198. The molecule has 2 aliphatic carbocycles. The highest BCUT2D eigenvalue weighted by atomic mass is 16.3. The first-order valence-corrected chi connectivity index (χ1v) is 4.90. The summed E-state index contributed by atoms with van der Waals surface area (Å²) in [5, 5.41) is 9.39. The molecule has 12 heavy (non-hydrogen) atoms. The van der Waals surface area contributed by atoms with Crippen LogP contribution in [0.15, 0.2) is 0 Å². The molecule has 2 nitrogen and oxygen atoms in total. The third kappa shape index (κ3) is 1.18. The molecule has 0 aromatic rings. The number of aliphatic hydroxyl groups excluding tert-OH is 1. The largest absolute Gasteiger partial charge is 0.393 e. The Morgan fingerprint density at radius 1 is 1.42 bits per heavy atom. The standard InChI is InChI=1S/C10H16O2/c1-6(11)9-5-7-2-3-8(4-7)10(9)12/h6-9,11H,2-5H2,1H3/t6-,7?,8?,9?/m1/s1. The van der Waals surface area contributed by atoms with Crippen LogP contribution in [-0.4, -0.2) is 17.0 Å². The molecule has 68 valence electrons. The number of Topliss-reactive ketones (excluding diaryl/α,β-unsaturated/α-hetero) is 1. The fraction of sp³-hybridized carbons (Fsp3) is 0.900. The molecule has 2 saturated carbocycles. The first-order chi connectivity index (χ1) is 5.68. The highest BCUT2D eigenvalue weighted by Crippen LogP contribution is 2.43. The van der Waals surface area contributed by atoms with E-state index in [4.69, 9.17) is 0 Å². The van der Waals surface area contributed by atoms with Gasteiger partial charge in [0.1, 0.15) is 5.78 Å². The third-order valence-electron chi connectivity index (χ3n) is 3.48. The van der Waals surface area contributed by atoms with Crippen molar-refractivity contribution in [1.82, 2.24) is 0 Å². The molecule has 0 radical (unpaired) electrons. The molecule has 0 aliphatic heterocycles. The normalized spacial score (nSPS) is 43.2. The van der Waals surface area contributed by atoms with Crippen LogP contribution < -0.4 is 0 Å². The van der Waals surface area contributed by atoms with Gasteiger partial charge in [-0.25, -0.2) is 0 Å². The summed E-state index contributed by atoms with van der Waals surface area (Å²) >= 11 is 0. The van der Waals surface area contributed by atoms with E-state index in [2.05, 4.69) is 0 Å². The maximum atomic E-state index is 11.7. The predicted octanol–water partition coefficient (Wildman–Crippen LogP) is 1.37. The van der Waals surface area contributed by atoms with Gasteiger partial charge in [-0.05, 0) is 38.5 Å². The summed E-state index contributed by atoms with van der Waals surface area (Å²) in [6.07, 6.45) is 3.89. The van der Waals surface area contributed by atoms with Crippen LogP contribution in [0.25, 0.3) is 0 Å². The minimum Gasteiger partial charge on any atom is -0.393 e. The summed E-state index contributed by atoms with van der Waals surface area (Å²) in [4.78, 5) is 11.7. The van der Waals surface area contributed by atoms with Gasteiger partial charge in [0.15, 0.2) is 0 Å². The Balaban J connectivity index is 2.13. The van der Waals surface area contributed by atoms with Crippen molar-refractivity contribution < 1.29 is 9.90 Å². The molecule has 2 bridgehead atoms. The van der Waals surface area contributed by atoms with Gasteiger partial charge in [-0.15, -0.1) is 0 Å². The summed E-state index contributed by atoms with van der Waals surface area (Å²) < 4.78 is 0. The van der Waals surface area contributed by atoms with Gasteiger partial charge >= 0.3 is 0 Å². The van der Waals surface area contributed by atoms with E-state index in [1.54, 1.807) is 6.92 Å². The van der Waals surface area contributed by atoms with Crippen molar-refractivity contribution in [3.63, 3.8) is 0 Å². The molecule has 4 atom stereocenters. The molecule has 0 saturated heterocycles. The summed E-state index contributed by atoms with van der Waals surface area (Å²) in [6, 6.07) is 0. The summed E-state index contributed by atoms with van der Waals surface area (Å²) in [7, 11) is 0. The van der Waals surface area contributed by atoms with E-state index in [-0.39, 0.29) is 5.92 Å². The van der Waals surface area contributed by atoms with Crippen LogP contribution in [0.4, 0.5) is 0 Å². The lowest BCUT2D eigenvalue weighted by Crippen LogP contribution is -2.34. The fourth-order valence-corrected chi connectivity index (χ4v) is 2.76. The molecular weight excluding hydrogens is 152 g/mol. The molecule has 0 amide bonds. The number of hydrogen-bond donors (Lipinski definition) is 1. The summed E-state index contributed by atoms with van der Waals surface area (Å²) in [6.45, 7) is 1.74. The van der Waals surface area contributed by atoms with Crippen molar-refractivity contribution in [2.45, 2.75) is 38.7 Å². The van der Waals surface area contributed by atoms with Crippen LogP contribution in [0.3, 0.4) is 0 Å². The Hall–Kier alpha value is -0.370. The number of fused-ring (bicyclic) bond motifs is 2. The van der Waals surface area contributed by atoms with E-state index in [1.165, 1.54) is 6.42 Å². The van der Waals surface area contributed by atoms with Crippen LogP contribution in [0.1, 0.15) is 32.6 Å². The lowest BCUT2D eigenvalue weighted by molar-refractivity contribution is -0.132. The molecule has 2 rings (SSSR count). The molecule has 2 heteroatoms. The number of aliphatic hydroxyl groups is 1. The third-order valence-corrected chi connectivity index (χ3v) is 3.48. The van der Waals surface area contributed by atoms with E-state index in [1.807, 2.05) is 0 Å². The topological polar surface area (TPSA) is 37.3 Å². The highest BCUT2D eigenvalue weighted by molar-refractivity contribution is 5.85. The van der Waals surface area contributed by atoms with Gasteiger partial charge in [0.05, 0.1) is 6.10 Å². The monoisotopic (exact) mass is 168 g/mol. The van der Waals surface area contributed by atoms with Crippen molar-refractivity contribution >= 4 is 5.78 Å². The zero-order valence-electron chi connectivity index (χ0n) is 7.49. The summed E-state index contributed by atoms with van der Waals surface area (Å²) in [5.41, 5.74) is 0. The van der Waals surface area contributed by atoms with Crippen molar-refractivity contribution in [3.8, 4) is 0 Å². The number of hydrogen-bond acceptors (Lipinski definition) is 2. The molecule has 2 fully saturated rings. The Labute approximate surface area is 73.0 Å². The smallest absolute Gasteiger partial charge is 0.141 e. The average Bonchev–Trinajstić information content (AvgIpc) is 2.41. The van der Waals surface area contributed by atoms with Crippen LogP contribution in [0, 0.1) is 17.8 Å². The van der Waals surface area contributed by atoms with Gasteiger partial charge < -0.3 is 5.11 Å². The lowest BCUT2D eigenvalue weighted by atomic mass is 9.77. The van der Waals surface area contributed by atoms with Gasteiger partial charge in [0.25, 0.3) is 0 Å². The first-order valence-electron chi connectivity index (χ1n) is 4.90. The first kappa shape index (κ1) is 8.24. The Morgan fingerprint density at radius 2 is 2.17 bits per heavy atom. The van der Waals surface area contributed by atoms with Crippen LogP contribution >= 0.6 is 0 Å². The number of carbonyl (C=O) groups excluding carboxylic acids is 1. The van der Waals surface area contributed by atoms with E-state index < -0.39 is 6.10 Å². The van der Waals surface area contributed by atoms with E-state index in [0.717, 1.165) is 25.2 Å². The molecule has 0 aromatic heterocycles. The second-order valence-electron chi connectivity index (χ2n) is 4.36. The van der Waals surface area contributed by atoms with Gasteiger partial charge in [-0.1, -0.05) is 0 Å². The van der Waals surface area contributed by atoms with E-state index in [9.17, 15) is 9.90 Å². The fourth-order valence-electron chi connectivity index (χ4n) is 2.76. The van der Waals surface area contributed by atoms with Gasteiger partial charge in [0, 0.05) is 11.8 Å². The second-order valence-corrected chi connectivity index (χ2v) is 4.36. The SMILES string of the molecule is C[C@@H](O)C1CC2CCC(C2)C1=O. The van der Waals surface area contributed by atoms with Crippen LogP contribution in [-0.2, 0) is 4.79 Å². The van der Waals surface area contributed by atoms with Gasteiger partial charge in [-0.2, -0.15) is 0 Å². The zero-order valence-corrected chi connectivity index (χ0v) is 7.49. The van der Waals surface area contributed by atoms with Crippen molar-refractivity contribution in [2.75, 3.05) is 0 Å². The summed E-state index contributed by atoms with van der Waals surface area (Å²) in [5.74, 6) is 1.31. The van der Waals surface area contributed by atoms with Crippen LogP contribution in [0.2, 0.25) is 0 Å². The highest BCUT2D eigenvalue weighted by Gasteiger charge is 2.42. The van der Waals surface area contributed by atoms with Gasteiger partial charge in [0.2, 0.25) is 0 Å². The maximum Gasteiger partial charge on any atom is 0.141 e. The molecule has 1 N–H and O–H groups in total. The average molecular weight is 168 g/mol. The van der Waals surface area contributed by atoms with Crippen LogP contribution in [0.5, 0.6) is 0 Å². The van der Waals surface area contributed by atoms with Gasteiger partial charge in [-0.3, -0.25) is 4.79 Å². The number of ketones is 1. The maximum absolute atomic E-state index is 11.7. The van der Waals surface area contributed by atoms with E-state index in [0.29, 0.717) is 11.7 Å².